The first-order chi connectivity index (χ1) is 7.13. The van der Waals surface area contributed by atoms with Gasteiger partial charge in [0.05, 0.1) is 12.2 Å². The zero-order valence-electron chi connectivity index (χ0n) is 7.83. The van der Waals surface area contributed by atoms with E-state index < -0.39 is 5.97 Å². The van der Waals surface area contributed by atoms with Crippen molar-refractivity contribution in [2.24, 2.45) is 0 Å². The van der Waals surface area contributed by atoms with Gasteiger partial charge in [-0.3, -0.25) is 4.79 Å². The van der Waals surface area contributed by atoms with Crippen molar-refractivity contribution >= 4 is 30.2 Å². The van der Waals surface area contributed by atoms with Crippen LogP contribution in [-0.2, 0) is 11.2 Å². The quantitative estimate of drug-likeness (QED) is 0.615. The molecular weight excluding hydrogens is 232 g/mol. The Kier molecular flexibility index (Phi) is 4.54. The predicted molar refractivity (Wildman–Crippen MR) is 63.5 cm³/mol. The van der Waals surface area contributed by atoms with Crippen molar-refractivity contribution < 1.29 is 9.90 Å². The number of thiol groups is 1. The van der Waals surface area contributed by atoms with Gasteiger partial charge in [0.15, 0.2) is 0 Å². The molecule has 0 aromatic heterocycles. The summed E-state index contributed by atoms with van der Waals surface area (Å²) in [7, 11) is 0. The molecule has 0 aliphatic heterocycles. The first kappa shape index (κ1) is 12.0. The fourth-order valence-corrected chi connectivity index (χ4v) is 1.36. The molecule has 1 rings (SSSR count). The van der Waals surface area contributed by atoms with E-state index in [1.54, 1.807) is 18.2 Å². The minimum atomic E-state index is -0.906. The van der Waals surface area contributed by atoms with Gasteiger partial charge in [0, 0.05) is 10.6 Å². The van der Waals surface area contributed by atoms with Crippen molar-refractivity contribution in [2.75, 3.05) is 5.75 Å². The second kappa shape index (κ2) is 5.69. The zero-order valence-corrected chi connectivity index (χ0v) is 9.48. The molecule has 0 heterocycles. The molecule has 0 saturated carbocycles. The fraction of sp³-hybridized carbons (Fsp3) is 0.182. The van der Waals surface area contributed by atoms with Crippen LogP contribution in [0.1, 0.15) is 11.1 Å². The summed E-state index contributed by atoms with van der Waals surface area (Å²) in [5.74, 6) is 5.21. The Labute approximate surface area is 98.7 Å². The number of carbonyl (C=O) groups is 1. The number of rotatable bonds is 2. The number of benzene rings is 1. The van der Waals surface area contributed by atoms with Gasteiger partial charge in [-0.25, -0.2) is 0 Å². The van der Waals surface area contributed by atoms with Gasteiger partial charge in [0.25, 0.3) is 0 Å². The lowest BCUT2D eigenvalue weighted by Gasteiger charge is -2.01. The average molecular weight is 241 g/mol. The molecule has 0 bridgehead atoms. The van der Waals surface area contributed by atoms with Crippen LogP contribution in [0.4, 0.5) is 0 Å². The zero-order chi connectivity index (χ0) is 11.3. The summed E-state index contributed by atoms with van der Waals surface area (Å²) >= 11 is 9.81. The molecule has 78 valence electrons. The largest absolute Gasteiger partial charge is 0.481 e. The molecule has 1 N–H and O–H groups in total. The topological polar surface area (TPSA) is 37.3 Å². The van der Waals surface area contributed by atoms with Crippen LogP contribution >= 0.6 is 24.2 Å². The average Bonchev–Trinajstić information content (AvgIpc) is 2.18. The maximum Gasteiger partial charge on any atom is 0.307 e. The molecule has 0 radical (unpaired) electrons. The second-order valence-corrected chi connectivity index (χ2v) is 3.56. The highest BCUT2D eigenvalue weighted by Crippen LogP contribution is 2.17. The van der Waals surface area contributed by atoms with Crippen molar-refractivity contribution in [3.63, 3.8) is 0 Å². The summed E-state index contributed by atoms with van der Waals surface area (Å²) in [6.07, 6.45) is -0.0881. The molecular formula is C11H9ClO2S. The minimum Gasteiger partial charge on any atom is -0.481 e. The summed E-state index contributed by atoms with van der Waals surface area (Å²) in [4.78, 5) is 10.5. The minimum absolute atomic E-state index is 0.0881. The molecule has 1 aromatic rings. The highest BCUT2D eigenvalue weighted by Gasteiger charge is 2.05. The first-order valence-corrected chi connectivity index (χ1v) is 5.24. The highest BCUT2D eigenvalue weighted by atomic mass is 35.5. The molecule has 15 heavy (non-hydrogen) atoms. The summed E-state index contributed by atoms with van der Waals surface area (Å²) < 4.78 is 0. The Morgan fingerprint density at radius 3 is 2.87 bits per heavy atom. The molecule has 1 aromatic carbocycles. The normalized spacial score (nSPS) is 9.20. The van der Waals surface area contributed by atoms with Crippen molar-refractivity contribution in [3.8, 4) is 11.8 Å². The number of halogens is 1. The van der Waals surface area contributed by atoms with Crippen LogP contribution in [0.25, 0.3) is 0 Å². The Hall–Kier alpha value is -1.11. The number of hydrogen-bond donors (Lipinski definition) is 2. The maximum absolute atomic E-state index is 10.5. The number of aliphatic carboxylic acids is 1. The van der Waals surface area contributed by atoms with Crippen LogP contribution in [0.3, 0.4) is 0 Å². The van der Waals surface area contributed by atoms with E-state index in [1.807, 2.05) is 0 Å². The van der Waals surface area contributed by atoms with Crippen LogP contribution in [0, 0.1) is 11.8 Å². The molecule has 2 nitrogen and oxygen atoms in total. The van der Waals surface area contributed by atoms with Crippen molar-refractivity contribution in [1.82, 2.24) is 0 Å². The van der Waals surface area contributed by atoms with Gasteiger partial charge in [0.1, 0.15) is 0 Å². The smallest absolute Gasteiger partial charge is 0.307 e. The molecule has 4 heteroatoms. The Morgan fingerprint density at radius 1 is 1.53 bits per heavy atom. The van der Waals surface area contributed by atoms with E-state index in [-0.39, 0.29) is 6.42 Å². The van der Waals surface area contributed by atoms with Crippen molar-refractivity contribution in [3.05, 3.63) is 34.3 Å². The van der Waals surface area contributed by atoms with E-state index in [2.05, 4.69) is 24.5 Å². The third kappa shape index (κ3) is 3.86. The van der Waals surface area contributed by atoms with Gasteiger partial charge < -0.3 is 5.11 Å². The van der Waals surface area contributed by atoms with Gasteiger partial charge in [-0.15, -0.1) is 0 Å². The molecule has 0 atom stereocenters. The number of hydrogen-bond acceptors (Lipinski definition) is 2. The predicted octanol–water partition coefficient (Wildman–Crippen LogP) is 2.25. The Bertz CT molecular complexity index is 432. The van der Waals surface area contributed by atoms with E-state index >= 15 is 0 Å². The Morgan fingerprint density at radius 2 is 2.27 bits per heavy atom. The second-order valence-electron chi connectivity index (χ2n) is 2.84. The van der Waals surface area contributed by atoms with Crippen LogP contribution in [0.2, 0.25) is 5.02 Å². The molecule has 0 aliphatic rings. The van der Waals surface area contributed by atoms with Crippen LogP contribution in [0.5, 0.6) is 0 Å². The first-order valence-electron chi connectivity index (χ1n) is 4.23. The summed E-state index contributed by atoms with van der Waals surface area (Å²) in [6, 6.07) is 5.10. The van der Waals surface area contributed by atoms with E-state index in [0.717, 1.165) is 5.56 Å². The van der Waals surface area contributed by atoms with Crippen LogP contribution in [-0.4, -0.2) is 16.8 Å². The standard InChI is InChI=1S/C11H9ClO2S/c12-10-4-3-8(2-1-5-15)6-9(10)7-11(13)14/h3-4,6,15H,5,7H2,(H,13,14). The van der Waals surface area contributed by atoms with Gasteiger partial charge in [-0.05, 0) is 23.8 Å². The SMILES string of the molecule is O=C(O)Cc1cc(C#CCS)ccc1Cl. The van der Waals surface area contributed by atoms with E-state index in [1.165, 1.54) is 0 Å². The molecule has 0 amide bonds. The van der Waals surface area contributed by atoms with Crippen molar-refractivity contribution in [1.29, 1.82) is 0 Å². The monoisotopic (exact) mass is 240 g/mol. The fourth-order valence-electron chi connectivity index (χ4n) is 1.09. The van der Waals surface area contributed by atoms with Crippen molar-refractivity contribution in [2.45, 2.75) is 6.42 Å². The van der Waals surface area contributed by atoms with Crippen LogP contribution < -0.4 is 0 Å². The van der Waals surface area contributed by atoms with Gasteiger partial charge >= 0.3 is 5.97 Å². The maximum atomic E-state index is 10.5. The molecule has 0 unspecified atom stereocenters. The lowest BCUT2D eigenvalue weighted by Crippen LogP contribution is -2.00. The van der Waals surface area contributed by atoms with Gasteiger partial charge in [-0.1, -0.05) is 23.4 Å². The van der Waals surface area contributed by atoms with Gasteiger partial charge in [0.2, 0.25) is 0 Å². The van der Waals surface area contributed by atoms with E-state index in [9.17, 15) is 4.79 Å². The lowest BCUT2D eigenvalue weighted by atomic mass is 10.1. The third-order valence-corrected chi connectivity index (χ3v) is 2.23. The van der Waals surface area contributed by atoms with Crippen LogP contribution in [0.15, 0.2) is 18.2 Å². The third-order valence-electron chi connectivity index (χ3n) is 1.70. The van der Waals surface area contributed by atoms with Gasteiger partial charge in [-0.2, -0.15) is 12.6 Å². The Balaban J connectivity index is 2.99. The molecule has 0 aliphatic carbocycles. The number of carboxylic acid groups (broad SMARTS) is 1. The highest BCUT2D eigenvalue weighted by molar-refractivity contribution is 7.80. The summed E-state index contributed by atoms with van der Waals surface area (Å²) in [6.45, 7) is 0. The summed E-state index contributed by atoms with van der Waals surface area (Å²) in [5.41, 5.74) is 1.33. The molecule has 0 saturated heterocycles. The van der Waals surface area contributed by atoms with E-state index in [0.29, 0.717) is 16.3 Å². The molecule has 0 spiro atoms. The lowest BCUT2D eigenvalue weighted by molar-refractivity contribution is -0.136. The summed E-state index contributed by atoms with van der Waals surface area (Å²) in [5, 5.41) is 9.10. The number of carboxylic acids is 1. The van der Waals surface area contributed by atoms with E-state index in [4.69, 9.17) is 16.7 Å². The molecule has 0 fully saturated rings.